The van der Waals surface area contributed by atoms with E-state index < -0.39 is 0 Å². The minimum atomic E-state index is -0.0458. The molecule has 0 aliphatic heterocycles. The summed E-state index contributed by atoms with van der Waals surface area (Å²) < 4.78 is 5.42. The van der Waals surface area contributed by atoms with Gasteiger partial charge in [-0.15, -0.1) is 24.8 Å². The van der Waals surface area contributed by atoms with Crippen LogP contribution in [0.2, 0.25) is 0 Å². The molecule has 0 aliphatic rings. The third kappa shape index (κ3) is 5.50. The van der Waals surface area contributed by atoms with Crippen LogP contribution < -0.4 is 4.74 Å². The predicted molar refractivity (Wildman–Crippen MR) is 83.0 cm³/mol. The fraction of sp³-hybridized carbons (Fsp3) is 0.375. The molecule has 0 aromatic heterocycles. The Labute approximate surface area is 121 Å². The Bertz CT molecular complexity index is 378. The van der Waals surface area contributed by atoms with Crippen LogP contribution in [0.1, 0.15) is 17.9 Å². The number of nitrogens with zero attached hydrogens (tertiary/aromatic N) is 1. The summed E-state index contributed by atoms with van der Waals surface area (Å²) in [6, 6.07) is 7.95. The molecule has 0 saturated carbocycles. The fourth-order valence-electron chi connectivity index (χ4n) is 1.86. The summed E-state index contributed by atoms with van der Waals surface area (Å²) in [6.45, 7) is 12.6. The van der Waals surface area contributed by atoms with E-state index in [2.05, 4.69) is 18.1 Å². The summed E-state index contributed by atoms with van der Waals surface area (Å²) in [4.78, 5) is 2.20. The molecule has 0 fully saturated rings. The highest BCUT2D eigenvalue weighted by Gasteiger charge is 2.12. The van der Waals surface area contributed by atoms with Crippen molar-refractivity contribution in [3.05, 3.63) is 55.1 Å². The maximum Gasteiger partial charge on any atom is 0.119 e. The lowest BCUT2D eigenvalue weighted by molar-refractivity contribution is 0.334. The highest BCUT2D eigenvalue weighted by molar-refractivity contribution is 6.21. The molecular weight excluding hydrogens is 258 g/mol. The van der Waals surface area contributed by atoms with Crippen molar-refractivity contribution in [3.8, 4) is 5.75 Å². The summed E-state index contributed by atoms with van der Waals surface area (Å²) >= 11 is 6.45. The largest absolute Gasteiger partial charge is 0.494 e. The van der Waals surface area contributed by atoms with Gasteiger partial charge in [0.1, 0.15) is 5.75 Å². The van der Waals surface area contributed by atoms with Gasteiger partial charge in [0.2, 0.25) is 0 Å². The first-order valence-electron chi connectivity index (χ1n) is 6.52. The van der Waals surface area contributed by atoms with Crippen molar-refractivity contribution in [1.29, 1.82) is 0 Å². The van der Waals surface area contributed by atoms with E-state index in [4.69, 9.17) is 16.3 Å². The van der Waals surface area contributed by atoms with Crippen molar-refractivity contribution in [2.45, 2.75) is 12.3 Å². The Balaban J connectivity index is 2.62. The van der Waals surface area contributed by atoms with Crippen LogP contribution in [-0.4, -0.2) is 31.1 Å². The lowest BCUT2D eigenvalue weighted by Crippen LogP contribution is -2.27. The molecule has 0 spiro atoms. The van der Waals surface area contributed by atoms with Crippen LogP contribution in [0.4, 0.5) is 0 Å². The zero-order valence-corrected chi connectivity index (χ0v) is 12.3. The molecule has 0 amide bonds. The molecule has 104 valence electrons. The van der Waals surface area contributed by atoms with Crippen molar-refractivity contribution < 1.29 is 4.74 Å². The second-order valence-corrected chi connectivity index (χ2v) is 4.79. The Morgan fingerprint density at radius 1 is 1.21 bits per heavy atom. The average molecular weight is 280 g/mol. The summed E-state index contributed by atoms with van der Waals surface area (Å²) in [7, 11) is 0. The minimum Gasteiger partial charge on any atom is -0.494 e. The number of rotatable bonds is 9. The van der Waals surface area contributed by atoms with E-state index in [-0.39, 0.29) is 5.38 Å². The summed E-state index contributed by atoms with van der Waals surface area (Å²) in [5.74, 6) is 0.879. The fourth-order valence-corrected chi connectivity index (χ4v) is 2.20. The van der Waals surface area contributed by atoms with Gasteiger partial charge in [-0.05, 0) is 24.6 Å². The SMILES string of the molecule is C=CCN(CC=C)CC(Cl)c1ccc(OCC)cc1. The summed E-state index contributed by atoms with van der Waals surface area (Å²) in [6.07, 6.45) is 3.76. The third-order valence-electron chi connectivity index (χ3n) is 2.75. The molecule has 0 heterocycles. The van der Waals surface area contributed by atoms with Crippen molar-refractivity contribution >= 4 is 11.6 Å². The van der Waals surface area contributed by atoms with E-state index in [1.807, 2.05) is 43.3 Å². The van der Waals surface area contributed by atoms with Crippen molar-refractivity contribution in [2.24, 2.45) is 0 Å². The van der Waals surface area contributed by atoms with E-state index >= 15 is 0 Å². The van der Waals surface area contributed by atoms with E-state index in [0.29, 0.717) is 6.61 Å². The molecule has 1 unspecified atom stereocenters. The normalized spacial score (nSPS) is 12.2. The van der Waals surface area contributed by atoms with Gasteiger partial charge in [0.05, 0.1) is 12.0 Å². The molecule has 1 atom stereocenters. The van der Waals surface area contributed by atoms with Crippen LogP contribution in [0.3, 0.4) is 0 Å². The van der Waals surface area contributed by atoms with Gasteiger partial charge in [-0.3, -0.25) is 4.90 Å². The maximum atomic E-state index is 6.45. The molecule has 0 saturated heterocycles. The van der Waals surface area contributed by atoms with Gasteiger partial charge in [0, 0.05) is 19.6 Å². The molecule has 0 bridgehead atoms. The first-order chi connectivity index (χ1) is 9.21. The van der Waals surface area contributed by atoms with Crippen LogP contribution >= 0.6 is 11.6 Å². The molecular formula is C16H22ClNO. The van der Waals surface area contributed by atoms with Crippen LogP contribution in [0.25, 0.3) is 0 Å². The van der Waals surface area contributed by atoms with Crippen LogP contribution in [0.5, 0.6) is 5.75 Å². The number of alkyl halides is 1. The second kappa shape index (κ2) is 8.78. The Hall–Kier alpha value is -1.25. The van der Waals surface area contributed by atoms with E-state index in [1.165, 1.54) is 0 Å². The number of ether oxygens (including phenoxy) is 1. The number of halogens is 1. The van der Waals surface area contributed by atoms with Gasteiger partial charge >= 0.3 is 0 Å². The molecule has 1 aromatic rings. The zero-order chi connectivity index (χ0) is 14.1. The predicted octanol–water partition coefficient (Wildman–Crippen LogP) is 4.04. The lowest BCUT2D eigenvalue weighted by Gasteiger charge is -2.22. The van der Waals surface area contributed by atoms with Crippen LogP contribution in [0, 0.1) is 0 Å². The van der Waals surface area contributed by atoms with E-state index in [0.717, 1.165) is 30.9 Å². The van der Waals surface area contributed by atoms with Crippen molar-refractivity contribution in [1.82, 2.24) is 4.90 Å². The van der Waals surface area contributed by atoms with Gasteiger partial charge in [0.25, 0.3) is 0 Å². The molecule has 1 aromatic carbocycles. The first kappa shape index (κ1) is 15.8. The van der Waals surface area contributed by atoms with Gasteiger partial charge in [-0.2, -0.15) is 0 Å². The average Bonchev–Trinajstić information content (AvgIpc) is 2.40. The summed E-state index contributed by atoms with van der Waals surface area (Å²) in [5, 5.41) is -0.0458. The smallest absolute Gasteiger partial charge is 0.119 e. The number of hydrogen-bond acceptors (Lipinski definition) is 2. The molecule has 0 radical (unpaired) electrons. The van der Waals surface area contributed by atoms with Crippen molar-refractivity contribution in [3.63, 3.8) is 0 Å². The maximum absolute atomic E-state index is 6.45. The van der Waals surface area contributed by atoms with Gasteiger partial charge < -0.3 is 4.74 Å². The van der Waals surface area contributed by atoms with Gasteiger partial charge in [-0.25, -0.2) is 0 Å². The summed E-state index contributed by atoms with van der Waals surface area (Å²) in [5.41, 5.74) is 1.10. The molecule has 0 aliphatic carbocycles. The zero-order valence-electron chi connectivity index (χ0n) is 11.5. The number of hydrogen-bond donors (Lipinski definition) is 0. The van der Waals surface area contributed by atoms with Crippen LogP contribution in [-0.2, 0) is 0 Å². The highest BCUT2D eigenvalue weighted by atomic mass is 35.5. The van der Waals surface area contributed by atoms with E-state index in [9.17, 15) is 0 Å². The molecule has 0 N–H and O–H groups in total. The Morgan fingerprint density at radius 2 is 1.79 bits per heavy atom. The highest BCUT2D eigenvalue weighted by Crippen LogP contribution is 2.24. The van der Waals surface area contributed by atoms with Gasteiger partial charge in [0.15, 0.2) is 0 Å². The monoisotopic (exact) mass is 279 g/mol. The second-order valence-electron chi connectivity index (χ2n) is 4.27. The van der Waals surface area contributed by atoms with Crippen LogP contribution in [0.15, 0.2) is 49.6 Å². The molecule has 2 nitrogen and oxygen atoms in total. The Morgan fingerprint density at radius 3 is 2.26 bits per heavy atom. The lowest BCUT2D eigenvalue weighted by atomic mass is 10.1. The number of benzene rings is 1. The molecule has 19 heavy (non-hydrogen) atoms. The molecule has 1 rings (SSSR count). The molecule has 3 heteroatoms. The Kier molecular flexibility index (Phi) is 7.31. The van der Waals surface area contributed by atoms with Crippen molar-refractivity contribution in [2.75, 3.05) is 26.2 Å². The quantitative estimate of drug-likeness (QED) is 0.500. The topological polar surface area (TPSA) is 12.5 Å². The third-order valence-corrected chi connectivity index (χ3v) is 3.14. The van der Waals surface area contributed by atoms with E-state index in [1.54, 1.807) is 0 Å². The first-order valence-corrected chi connectivity index (χ1v) is 6.95. The minimum absolute atomic E-state index is 0.0458. The standard InChI is InChI=1S/C16H22ClNO/c1-4-11-18(12-5-2)13-16(17)14-7-9-15(10-8-14)19-6-3/h4-5,7-10,16H,1-2,6,11-13H2,3H3. The van der Waals surface area contributed by atoms with Gasteiger partial charge in [-0.1, -0.05) is 24.3 Å².